The van der Waals surface area contributed by atoms with Crippen molar-refractivity contribution in [3.05, 3.63) is 0 Å². The maximum absolute atomic E-state index is 11.6. The van der Waals surface area contributed by atoms with Gasteiger partial charge in [-0.05, 0) is 19.3 Å². The third-order valence-corrected chi connectivity index (χ3v) is 3.75. The minimum atomic E-state index is -0.708. The first-order valence-corrected chi connectivity index (χ1v) is 7.62. The number of esters is 1. The second kappa shape index (κ2) is 12.1. The number of carbonyl (C=O) groups is 1. The molecule has 0 radical (unpaired) electrons. The van der Waals surface area contributed by atoms with Crippen LogP contribution in [0.5, 0.6) is 0 Å². The maximum atomic E-state index is 11.6. The van der Waals surface area contributed by atoms with Crippen LogP contribution in [0.1, 0.15) is 58.3 Å². The van der Waals surface area contributed by atoms with E-state index in [0.29, 0.717) is 12.8 Å². The third-order valence-electron chi connectivity index (χ3n) is 3.75. The summed E-state index contributed by atoms with van der Waals surface area (Å²) >= 11 is 0. The van der Waals surface area contributed by atoms with Crippen molar-refractivity contribution in [1.29, 1.82) is 0 Å². The highest BCUT2D eigenvalue weighted by atomic mass is 16.5. The van der Waals surface area contributed by atoms with Gasteiger partial charge in [-0.15, -0.1) is 0 Å². The number of hydrogen-bond donors (Lipinski definition) is 3. The second-order valence-electron chi connectivity index (χ2n) is 5.43. The van der Waals surface area contributed by atoms with E-state index >= 15 is 0 Å². The molecule has 0 aliphatic rings. The summed E-state index contributed by atoms with van der Waals surface area (Å²) in [6.45, 7) is 1.82. The minimum absolute atomic E-state index is 0.0752. The zero-order valence-electron chi connectivity index (χ0n) is 12.6. The van der Waals surface area contributed by atoms with E-state index in [9.17, 15) is 15.0 Å². The Labute approximate surface area is 122 Å². The van der Waals surface area contributed by atoms with Gasteiger partial charge in [-0.2, -0.15) is 0 Å². The average molecular weight is 290 g/mol. The fourth-order valence-electron chi connectivity index (χ4n) is 1.86. The molecule has 0 saturated carbocycles. The Kier molecular flexibility index (Phi) is 11.7. The SMILES string of the molecule is CCC(CO)(CO)COC(=O)CCCCCCCCO. The molecule has 0 aliphatic heterocycles. The Bertz CT molecular complexity index is 230. The Hall–Kier alpha value is -0.650. The first-order valence-electron chi connectivity index (χ1n) is 7.62. The summed E-state index contributed by atoms with van der Waals surface area (Å²) in [5, 5.41) is 27.1. The van der Waals surface area contributed by atoms with Gasteiger partial charge in [0.05, 0.1) is 18.6 Å². The molecule has 0 bridgehead atoms. The molecule has 0 atom stereocenters. The molecule has 0 aromatic heterocycles. The molecule has 3 N–H and O–H groups in total. The highest BCUT2D eigenvalue weighted by Gasteiger charge is 2.28. The number of unbranched alkanes of at least 4 members (excludes halogenated alkanes) is 5. The van der Waals surface area contributed by atoms with E-state index < -0.39 is 5.41 Å². The van der Waals surface area contributed by atoms with Gasteiger partial charge in [-0.3, -0.25) is 4.79 Å². The molecule has 0 aromatic carbocycles. The van der Waals surface area contributed by atoms with Crippen LogP contribution < -0.4 is 0 Å². The van der Waals surface area contributed by atoms with E-state index in [-0.39, 0.29) is 32.4 Å². The van der Waals surface area contributed by atoms with Crippen molar-refractivity contribution >= 4 is 5.97 Å². The molecule has 0 rings (SSSR count). The molecule has 0 unspecified atom stereocenters. The molecule has 0 aliphatic carbocycles. The molecule has 120 valence electrons. The number of aliphatic hydroxyl groups is 3. The molecule has 0 saturated heterocycles. The van der Waals surface area contributed by atoms with Crippen LogP contribution in [-0.4, -0.2) is 47.7 Å². The summed E-state index contributed by atoms with van der Waals surface area (Å²) in [5.74, 6) is -0.264. The Morgan fingerprint density at radius 2 is 1.50 bits per heavy atom. The normalized spacial score (nSPS) is 11.6. The van der Waals surface area contributed by atoms with Gasteiger partial charge in [0, 0.05) is 13.0 Å². The van der Waals surface area contributed by atoms with E-state index in [4.69, 9.17) is 9.84 Å². The van der Waals surface area contributed by atoms with Crippen molar-refractivity contribution in [2.75, 3.05) is 26.4 Å². The quantitative estimate of drug-likeness (QED) is 0.354. The summed E-state index contributed by atoms with van der Waals surface area (Å²) in [6.07, 6.45) is 6.78. The first kappa shape index (κ1) is 19.4. The summed E-state index contributed by atoms with van der Waals surface area (Å²) < 4.78 is 5.13. The van der Waals surface area contributed by atoms with E-state index in [0.717, 1.165) is 38.5 Å². The lowest BCUT2D eigenvalue weighted by Gasteiger charge is -2.27. The van der Waals surface area contributed by atoms with E-state index in [1.807, 2.05) is 6.92 Å². The summed E-state index contributed by atoms with van der Waals surface area (Å²) in [7, 11) is 0. The predicted molar refractivity (Wildman–Crippen MR) is 77.3 cm³/mol. The number of rotatable bonds is 13. The maximum Gasteiger partial charge on any atom is 0.305 e. The highest BCUT2D eigenvalue weighted by molar-refractivity contribution is 5.69. The number of hydrogen-bond acceptors (Lipinski definition) is 5. The number of carbonyl (C=O) groups excluding carboxylic acids is 1. The van der Waals surface area contributed by atoms with E-state index in [2.05, 4.69) is 0 Å². The molecule has 0 fully saturated rings. The number of aliphatic hydroxyl groups excluding tert-OH is 3. The van der Waals surface area contributed by atoms with Crippen LogP contribution in [-0.2, 0) is 9.53 Å². The summed E-state index contributed by atoms with van der Waals surface area (Å²) in [5.41, 5.74) is -0.708. The molecular formula is C15H30O5. The van der Waals surface area contributed by atoms with Crippen LogP contribution in [0.4, 0.5) is 0 Å². The lowest BCUT2D eigenvalue weighted by Crippen LogP contribution is -2.35. The van der Waals surface area contributed by atoms with Crippen molar-refractivity contribution in [2.45, 2.75) is 58.3 Å². The van der Waals surface area contributed by atoms with Crippen molar-refractivity contribution in [2.24, 2.45) is 5.41 Å². The molecule has 5 nitrogen and oxygen atoms in total. The predicted octanol–water partition coefficient (Wildman–Crippen LogP) is 1.63. The first-order chi connectivity index (χ1) is 9.64. The largest absolute Gasteiger partial charge is 0.465 e. The lowest BCUT2D eigenvalue weighted by atomic mass is 9.88. The standard InChI is InChI=1S/C15H30O5/c1-2-15(11-17,12-18)13-20-14(19)9-7-5-3-4-6-8-10-16/h16-18H,2-13H2,1H3. The molecular weight excluding hydrogens is 260 g/mol. The summed E-state index contributed by atoms with van der Waals surface area (Å²) in [4.78, 5) is 11.6. The Balaban J connectivity index is 3.63. The van der Waals surface area contributed by atoms with Crippen LogP contribution in [0.25, 0.3) is 0 Å². The van der Waals surface area contributed by atoms with Crippen LogP contribution in [0, 0.1) is 5.41 Å². The third kappa shape index (κ3) is 8.51. The smallest absolute Gasteiger partial charge is 0.305 e. The zero-order chi connectivity index (χ0) is 15.3. The molecule has 0 aromatic rings. The van der Waals surface area contributed by atoms with Gasteiger partial charge in [0.1, 0.15) is 6.61 Å². The second-order valence-corrected chi connectivity index (χ2v) is 5.43. The van der Waals surface area contributed by atoms with Crippen molar-refractivity contribution < 1.29 is 24.9 Å². The fraction of sp³-hybridized carbons (Fsp3) is 0.933. The molecule has 0 heterocycles. The van der Waals surface area contributed by atoms with E-state index in [1.54, 1.807) is 0 Å². The monoisotopic (exact) mass is 290 g/mol. The van der Waals surface area contributed by atoms with Gasteiger partial charge < -0.3 is 20.1 Å². The van der Waals surface area contributed by atoms with Crippen LogP contribution >= 0.6 is 0 Å². The molecule has 5 heteroatoms. The van der Waals surface area contributed by atoms with Gasteiger partial charge in [-0.25, -0.2) is 0 Å². The van der Waals surface area contributed by atoms with Crippen molar-refractivity contribution in [3.63, 3.8) is 0 Å². The molecule has 0 amide bonds. The van der Waals surface area contributed by atoms with Crippen molar-refractivity contribution in [3.8, 4) is 0 Å². The minimum Gasteiger partial charge on any atom is -0.465 e. The number of ether oxygens (including phenoxy) is 1. The Morgan fingerprint density at radius 3 is 2.00 bits per heavy atom. The van der Waals surface area contributed by atoms with Gasteiger partial charge in [0.25, 0.3) is 0 Å². The summed E-state index contributed by atoms with van der Waals surface area (Å²) in [6, 6.07) is 0. The van der Waals surface area contributed by atoms with Gasteiger partial charge in [-0.1, -0.05) is 32.6 Å². The van der Waals surface area contributed by atoms with E-state index in [1.165, 1.54) is 0 Å². The fourth-order valence-corrected chi connectivity index (χ4v) is 1.86. The van der Waals surface area contributed by atoms with Gasteiger partial charge in [0.15, 0.2) is 0 Å². The zero-order valence-corrected chi connectivity index (χ0v) is 12.6. The van der Waals surface area contributed by atoms with Crippen molar-refractivity contribution in [1.82, 2.24) is 0 Å². The van der Waals surface area contributed by atoms with Crippen LogP contribution in [0.2, 0.25) is 0 Å². The molecule has 0 spiro atoms. The van der Waals surface area contributed by atoms with Crippen LogP contribution in [0.3, 0.4) is 0 Å². The van der Waals surface area contributed by atoms with Gasteiger partial charge >= 0.3 is 5.97 Å². The Morgan fingerprint density at radius 1 is 0.950 bits per heavy atom. The lowest BCUT2D eigenvalue weighted by molar-refractivity contribution is -0.149. The highest BCUT2D eigenvalue weighted by Crippen LogP contribution is 2.21. The van der Waals surface area contributed by atoms with Crippen LogP contribution in [0.15, 0.2) is 0 Å². The topological polar surface area (TPSA) is 87.0 Å². The average Bonchev–Trinajstić information content (AvgIpc) is 2.48. The molecule has 20 heavy (non-hydrogen) atoms. The van der Waals surface area contributed by atoms with Gasteiger partial charge in [0.2, 0.25) is 0 Å².